The highest BCUT2D eigenvalue weighted by atomic mass is 32.1. The van der Waals surface area contributed by atoms with E-state index in [9.17, 15) is 9.36 Å². The van der Waals surface area contributed by atoms with Crippen molar-refractivity contribution in [3.63, 3.8) is 0 Å². The highest BCUT2D eigenvalue weighted by molar-refractivity contribution is 7.80. The first kappa shape index (κ1) is 22.2. The van der Waals surface area contributed by atoms with Gasteiger partial charge in [0.15, 0.2) is 0 Å². The Bertz CT molecular complexity index is 805. The SMILES string of the molecule is CCOP(=O)(OCC)[C@@H]1CC=C[C@@H](N2C(=S)OC[C@H]2c2ccccc2)C1C(C)=O. The van der Waals surface area contributed by atoms with Crippen molar-refractivity contribution in [3.05, 3.63) is 48.0 Å². The summed E-state index contributed by atoms with van der Waals surface area (Å²) in [5.41, 5.74) is 0.498. The first-order valence-corrected chi connectivity index (χ1v) is 12.0. The Labute approximate surface area is 177 Å². The van der Waals surface area contributed by atoms with Crippen LogP contribution in [0, 0.1) is 5.92 Å². The van der Waals surface area contributed by atoms with Crippen molar-refractivity contribution in [2.24, 2.45) is 5.92 Å². The highest BCUT2D eigenvalue weighted by Crippen LogP contribution is 2.59. The molecule has 1 aliphatic heterocycles. The first-order chi connectivity index (χ1) is 13.9. The van der Waals surface area contributed by atoms with Crippen LogP contribution in [0.5, 0.6) is 0 Å². The van der Waals surface area contributed by atoms with Crippen LogP contribution in [0.3, 0.4) is 0 Å². The molecular formula is C21H28NO5PS. The average molecular weight is 437 g/mol. The van der Waals surface area contributed by atoms with Gasteiger partial charge in [0.25, 0.3) is 5.17 Å². The van der Waals surface area contributed by atoms with E-state index in [4.69, 9.17) is 26.0 Å². The number of carbonyl (C=O) groups excluding carboxylic acids is 1. The molecule has 0 aromatic heterocycles. The largest absolute Gasteiger partial charge is 0.468 e. The Morgan fingerprint density at radius 2 is 1.90 bits per heavy atom. The lowest BCUT2D eigenvalue weighted by atomic mass is 9.84. The zero-order chi connectivity index (χ0) is 21.0. The summed E-state index contributed by atoms with van der Waals surface area (Å²) < 4.78 is 30.5. The molecule has 1 aromatic carbocycles. The van der Waals surface area contributed by atoms with E-state index in [1.807, 2.05) is 47.4 Å². The van der Waals surface area contributed by atoms with Gasteiger partial charge in [0, 0.05) is 0 Å². The molecule has 6 nitrogen and oxygen atoms in total. The molecule has 1 aromatic rings. The molecule has 29 heavy (non-hydrogen) atoms. The molecule has 8 heteroatoms. The van der Waals surface area contributed by atoms with E-state index in [2.05, 4.69) is 0 Å². The first-order valence-electron chi connectivity index (χ1n) is 9.98. The van der Waals surface area contributed by atoms with Gasteiger partial charge in [-0.15, -0.1) is 0 Å². The predicted octanol–water partition coefficient (Wildman–Crippen LogP) is 4.51. The summed E-state index contributed by atoms with van der Waals surface area (Å²) >= 11 is 5.50. The van der Waals surface area contributed by atoms with Gasteiger partial charge in [0.2, 0.25) is 0 Å². The molecule has 1 heterocycles. The number of allylic oxidation sites excluding steroid dienone is 1. The lowest BCUT2D eigenvalue weighted by Crippen LogP contribution is -2.49. The van der Waals surface area contributed by atoms with Crippen molar-refractivity contribution >= 4 is 30.8 Å². The number of thiocarbonyl (C=S) groups is 1. The number of hydrogen-bond donors (Lipinski definition) is 0. The second kappa shape index (κ2) is 9.52. The standard InChI is InChI=1S/C21H28NO5PS/c1-4-26-28(24,27-5-2)19-13-9-12-17(20(19)15(3)23)22-18(14-25-21(22)29)16-10-7-6-8-11-16/h6-12,17-20H,4-5,13-14H2,1-3H3/t17-,18+,19-,20?/m1/s1. The number of rotatable bonds is 8. The summed E-state index contributed by atoms with van der Waals surface area (Å²) in [6, 6.07) is 9.44. The van der Waals surface area contributed by atoms with E-state index < -0.39 is 19.2 Å². The molecule has 0 amide bonds. The van der Waals surface area contributed by atoms with Crippen LogP contribution in [0.15, 0.2) is 42.5 Å². The van der Waals surface area contributed by atoms with Gasteiger partial charge >= 0.3 is 7.60 Å². The zero-order valence-electron chi connectivity index (χ0n) is 17.0. The second-order valence-electron chi connectivity index (χ2n) is 7.14. The Kier molecular flexibility index (Phi) is 7.28. The van der Waals surface area contributed by atoms with Crippen molar-refractivity contribution in [2.45, 2.75) is 44.9 Å². The highest BCUT2D eigenvalue weighted by Gasteiger charge is 2.50. The van der Waals surface area contributed by atoms with E-state index in [-0.39, 0.29) is 31.1 Å². The minimum Gasteiger partial charge on any atom is -0.468 e. The molecule has 1 fully saturated rings. The molecule has 1 unspecified atom stereocenters. The van der Waals surface area contributed by atoms with Gasteiger partial charge < -0.3 is 18.7 Å². The zero-order valence-corrected chi connectivity index (χ0v) is 18.7. The van der Waals surface area contributed by atoms with Crippen LogP contribution in [0.25, 0.3) is 0 Å². The smallest absolute Gasteiger partial charge is 0.334 e. The van der Waals surface area contributed by atoms with Crippen molar-refractivity contribution in [1.82, 2.24) is 4.90 Å². The van der Waals surface area contributed by atoms with Crippen LogP contribution in [0.2, 0.25) is 0 Å². The molecule has 0 spiro atoms. The van der Waals surface area contributed by atoms with Gasteiger partial charge in [-0.25, -0.2) is 0 Å². The molecule has 1 saturated heterocycles. The third kappa shape index (κ3) is 4.48. The number of ketones is 1. The van der Waals surface area contributed by atoms with Crippen LogP contribution >= 0.6 is 19.8 Å². The molecule has 1 aliphatic carbocycles. The van der Waals surface area contributed by atoms with Crippen LogP contribution in [-0.4, -0.2) is 47.4 Å². The summed E-state index contributed by atoms with van der Waals surface area (Å²) in [5.74, 6) is -0.639. The topological polar surface area (TPSA) is 65.1 Å². The maximum Gasteiger partial charge on any atom is 0.334 e. The number of nitrogens with zero attached hydrogens (tertiary/aromatic N) is 1. The van der Waals surface area contributed by atoms with E-state index in [0.717, 1.165) is 5.56 Å². The number of benzene rings is 1. The van der Waals surface area contributed by atoms with Crippen molar-refractivity contribution in [3.8, 4) is 0 Å². The van der Waals surface area contributed by atoms with Gasteiger partial charge in [-0.1, -0.05) is 42.5 Å². The van der Waals surface area contributed by atoms with Crippen LogP contribution in [-0.2, 0) is 23.1 Å². The maximum absolute atomic E-state index is 13.6. The summed E-state index contributed by atoms with van der Waals surface area (Å²) in [4.78, 5) is 14.8. The fourth-order valence-corrected chi connectivity index (χ4v) is 6.89. The summed E-state index contributed by atoms with van der Waals surface area (Å²) in [6.07, 6.45) is 4.37. The van der Waals surface area contributed by atoms with Gasteiger partial charge in [-0.2, -0.15) is 0 Å². The fraction of sp³-hybridized carbons (Fsp3) is 0.524. The number of Topliss-reactive ketones (excluding diaryl/α,β-unsaturated/α-hetero) is 1. The summed E-state index contributed by atoms with van der Waals surface area (Å²) in [6.45, 7) is 6.01. The third-order valence-corrected chi connectivity index (χ3v) is 8.31. The van der Waals surface area contributed by atoms with E-state index in [1.165, 1.54) is 6.92 Å². The van der Waals surface area contributed by atoms with E-state index in [0.29, 0.717) is 18.2 Å². The number of hydrogen-bond acceptors (Lipinski definition) is 6. The molecular weight excluding hydrogens is 409 g/mol. The molecule has 2 aliphatic rings. The van der Waals surface area contributed by atoms with E-state index >= 15 is 0 Å². The lowest BCUT2D eigenvalue weighted by molar-refractivity contribution is -0.122. The maximum atomic E-state index is 13.6. The minimum absolute atomic E-state index is 0.0644. The molecule has 158 valence electrons. The molecule has 0 bridgehead atoms. The van der Waals surface area contributed by atoms with Crippen molar-refractivity contribution < 1.29 is 23.1 Å². The Balaban J connectivity index is 2.00. The lowest BCUT2D eigenvalue weighted by Gasteiger charge is -2.41. The fourth-order valence-electron chi connectivity index (χ4n) is 4.24. The Hall–Kier alpha value is -1.53. The van der Waals surface area contributed by atoms with Gasteiger partial charge in [-0.3, -0.25) is 9.36 Å². The number of ether oxygens (including phenoxy) is 1. The summed E-state index contributed by atoms with van der Waals surface area (Å²) in [5, 5.41) is 0.350. The molecule has 4 atom stereocenters. The van der Waals surface area contributed by atoms with Crippen LogP contribution in [0.4, 0.5) is 0 Å². The van der Waals surface area contributed by atoms with Gasteiger partial charge in [0.05, 0.1) is 36.9 Å². The Morgan fingerprint density at radius 1 is 1.24 bits per heavy atom. The normalized spacial score (nSPS) is 27.1. The quantitative estimate of drug-likeness (QED) is 0.337. The number of carbonyl (C=O) groups is 1. The second-order valence-corrected chi connectivity index (χ2v) is 9.75. The predicted molar refractivity (Wildman–Crippen MR) is 116 cm³/mol. The van der Waals surface area contributed by atoms with Crippen molar-refractivity contribution in [2.75, 3.05) is 19.8 Å². The molecule has 0 saturated carbocycles. The average Bonchev–Trinajstić information content (AvgIpc) is 3.09. The van der Waals surface area contributed by atoms with Gasteiger partial charge in [-0.05, 0) is 45.0 Å². The van der Waals surface area contributed by atoms with E-state index in [1.54, 1.807) is 13.8 Å². The monoisotopic (exact) mass is 437 g/mol. The van der Waals surface area contributed by atoms with Crippen LogP contribution < -0.4 is 0 Å². The third-order valence-electron chi connectivity index (χ3n) is 5.40. The van der Waals surface area contributed by atoms with Crippen molar-refractivity contribution in [1.29, 1.82) is 0 Å². The van der Waals surface area contributed by atoms with Gasteiger partial charge in [0.1, 0.15) is 12.4 Å². The minimum atomic E-state index is -3.48. The molecule has 3 rings (SSSR count). The molecule has 0 N–H and O–H groups in total. The summed E-state index contributed by atoms with van der Waals surface area (Å²) in [7, 11) is -3.48. The Morgan fingerprint density at radius 3 is 2.48 bits per heavy atom. The molecule has 0 radical (unpaired) electrons. The van der Waals surface area contributed by atoms with Crippen LogP contribution in [0.1, 0.15) is 38.8 Å².